The molecular formula is C19H17F3N2O4. The molecule has 3 rings (SSSR count). The number of nitrogens with one attached hydrogen (secondary N) is 1. The third-order valence-electron chi connectivity index (χ3n) is 4.13. The van der Waals surface area contributed by atoms with Crippen LogP contribution < -0.4 is 14.8 Å². The normalized spacial score (nSPS) is 16.2. The second-order valence-corrected chi connectivity index (χ2v) is 5.95. The number of amides is 1. The van der Waals surface area contributed by atoms with Gasteiger partial charge in [-0.2, -0.15) is 13.2 Å². The zero-order valence-corrected chi connectivity index (χ0v) is 15.0. The Balaban J connectivity index is 1.71. The maximum atomic E-state index is 12.8. The quantitative estimate of drug-likeness (QED) is 0.836. The van der Waals surface area contributed by atoms with E-state index in [1.165, 1.54) is 26.4 Å². The number of anilines is 1. The maximum absolute atomic E-state index is 12.8. The number of ether oxygens (including phenoxy) is 2. The van der Waals surface area contributed by atoms with E-state index in [2.05, 4.69) is 10.5 Å². The molecule has 0 aromatic heterocycles. The van der Waals surface area contributed by atoms with E-state index in [1.807, 2.05) is 0 Å². The van der Waals surface area contributed by atoms with Crippen molar-refractivity contribution in [3.8, 4) is 11.5 Å². The molecule has 0 bridgehead atoms. The van der Waals surface area contributed by atoms with Crippen molar-refractivity contribution in [2.75, 3.05) is 19.5 Å². The van der Waals surface area contributed by atoms with E-state index >= 15 is 0 Å². The molecule has 1 heterocycles. The Morgan fingerprint density at radius 3 is 2.61 bits per heavy atom. The number of hydrogen-bond donors (Lipinski definition) is 1. The van der Waals surface area contributed by atoms with Crippen molar-refractivity contribution < 1.29 is 32.3 Å². The predicted molar refractivity (Wildman–Crippen MR) is 95.6 cm³/mol. The molecule has 0 fully saturated rings. The van der Waals surface area contributed by atoms with Crippen LogP contribution in [0.5, 0.6) is 11.5 Å². The average molecular weight is 394 g/mol. The minimum Gasteiger partial charge on any atom is -0.493 e. The van der Waals surface area contributed by atoms with E-state index in [0.717, 1.165) is 12.1 Å². The summed E-state index contributed by atoms with van der Waals surface area (Å²) in [6.45, 7) is 0. The van der Waals surface area contributed by atoms with E-state index in [0.29, 0.717) is 22.8 Å². The van der Waals surface area contributed by atoms with Gasteiger partial charge in [0.1, 0.15) is 0 Å². The molecule has 1 aliphatic rings. The smallest absolute Gasteiger partial charge is 0.416 e. The van der Waals surface area contributed by atoms with Crippen molar-refractivity contribution in [1.29, 1.82) is 0 Å². The average Bonchev–Trinajstić information content (AvgIpc) is 3.17. The summed E-state index contributed by atoms with van der Waals surface area (Å²) >= 11 is 0. The second-order valence-electron chi connectivity index (χ2n) is 5.95. The summed E-state index contributed by atoms with van der Waals surface area (Å²) in [5.41, 5.74) is 0.252. The predicted octanol–water partition coefficient (Wildman–Crippen LogP) is 3.85. The number of oxime groups is 1. The summed E-state index contributed by atoms with van der Waals surface area (Å²) in [4.78, 5) is 17.6. The lowest BCUT2D eigenvalue weighted by Gasteiger charge is -2.13. The van der Waals surface area contributed by atoms with Crippen LogP contribution in [-0.2, 0) is 15.8 Å². The van der Waals surface area contributed by atoms with Gasteiger partial charge in [0.05, 0.1) is 25.5 Å². The van der Waals surface area contributed by atoms with Crippen molar-refractivity contribution in [2.45, 2.75) is 18.7 Å². The molecule has 0 radical (unpaired) electrons. The number of hydrogen-bond acceptors (Lipinski definition) is 5. The van der Waals surface area contributed by atoms with Crippen molar-refractivity contribution in [3.63, 3.8) is 0 Å². The van der Waals surface area contributed by atoms with Crippen LogP contribution >= 0.6 is 0 Å². The number of carbonyl (C=O) groups is 1. The molecule has 1 aliphatic heterocycles. The van der Waals surface area contributed by atoms with Gasteiger partial charge in [0.25, 0.3) is 5.91 Å². The fraction of sp³-hybridized carbons (Fsp3) is 0.263. The van der Waals surface area contributed by atoms with Gasteiger partial charge in [-0.25, -0.2) is 0 Å². The molecule has 9 heteroatoms. The van der Waals surface area contributed by atoms with Gasteiger partial charge in [0.15, 0.2) is 11.5 Å². The van der Waals surface area contributed by atoms with E-state index in [4.69, 9.17) is 14.3 Å². The molecular weight excluding hydrogens is 377 g/mol. The number of para-hydroxylation sites is 1. The Morgan fingerprint density at radius 1 is 1.18 bits per heavy atom. The Labute approximate surface area is 158 Å². The Morgan fingerprint density at radius 2 is 1.93 bits per heavy atom. The van der Waals surface area contributed by atoms with Gasteiger partial charge in [-0.1, -0.05) is 17.3 Å². The summed E-state index contributed by atoms with van der Waals surface area (Å²) in [5, 5.41) is 6.36. The van der Waals surface area contributed by atoms with Crippen LogP contribution in [-0.4, -0.2) is 31.9 Å². The highest BCUT2D eigenvalue weighted by atomic mass is 19.4. The van der Waals surface area contributed by atoms with Crippen LogP contribution in [0.3, 0.4) is 0 Å². The van der Waals surface area contributed by atoms with E-state index in [-0.39, 0.29) is 12.1 Å². The summed E-state index contributed by atoms with van der Waals surface area (Å²) in [6.07, 6.45) is -5.33. The van der Waals surface area contributed by atoms with Crippen LogP contribution in [0.15, 0.2) is 47.6 Å². The van der Waals surface area contributed by atoms with Gasteiger partial charge in [0.2, 0.25) is 6.10 Å². The highest BCUT2D eigenvalue weighted by molar-refractivity contribution is 6.08. The van der Waals surface area contributed by atoms with Crippen molar-refractivity contribution >= 4 is 17.3 Å². The second kappa shape index (κ2) is 7.79. The van der Waals surface area contributed by atoms with Gasteiger partial charge < -0.3 is 19.6 Å². The van der Waals surface area contributed by atoms with E-state index < -0.39 is 23.8 Å². The topological polar surface area (TPSA) is 69.2 Å². The summed E-state index contributed by atoms with van der Waals surface area (Å²) in [6, 6.07) is 9.59. The largest absolute Gasteiger partial charge is 0.493 e. The fourth-order valence-electron chi connectivity index (χ4n) is 2.79. The van der Waals surface area contributed by atoms with Gasteiger partial charge in [-0.15, -0.1) is 0 Å². The minimum absolute atomic E-state index is 0.0239. The van der Waals surface area contributed by atoms with Crippen LogP contribution in [0.25, 0.3) is 0 Å². The SMILES string of the molecule is COc1cccc(C2=NO[C@H](C(=O)Nc3cccc(C(F)(F)F)c3)C2)c1OC. The first-order chi connectivity index (χ1) is 13.3. The highest BCUT2D eigenvalue weighted by Crippen LogP contribution is 2.34. The lowest BCUT2D eigenvalue weighted by molar-refractivity contribution is -0.137. The van der Waals surface area contributed by atoms with E-state index in [1.54, 1.807) is 18.2 Å². The zero-order chi connectivity index (χ0) is 20.3. The molecule has 6 nitrogen and oxygen atoms in total. The van der Waals surface area contributed by atoms with Crippen LogP contribution in [0.2, 0.25) is 0 Å². The van der Waals surface area contributed by atoms with E-state index in [9.17, 15) is 18.0 Å². The zero-order valence-electron chi connectivity index (χ0n) is 15.0. The van der Waals surface area contributed by atoms with Gasteiger partial charge in [0, 0.05) is 17.7 Å². The van der Waals surface area contributed by atoms with Gasteiger partial charge in [-0.3, -0.25) is 4.79 Å². The number of nitrogens with zero attached hydrogens (tertiary/aromatic N) is 1. The standard InChI is InChI=1S/C19H17F3N2O4/c1-26-15-8-4-7-13(17(15)27-2)14-10-16(28-24-14)18(25)23-12-6-3-5-11(9-12)19(20,21)22/h3-9,16H,10H2,1-2H3,(H,23,25)/t16-/m0/s1. The number of alkyl halides is 3. The van der Waals surface area contributed by atoms with Crippen LogP contribution in [0.1, 0.15) is 17.5 Å². The monoisotopic (exact) mass is 394 g/mol. The molecule has 1 amide bonds. The molecule has 0 saturated heterocycles. The minimum atomic E-state index is -4.50. The molecule has 2 aromatic rings. The summed E-state index contributed by atoms with van der Waals surface area (Å²) in [5.74, 6) is 0.353. The fourth-order valence-corrected chi connectivity index (χ4v) is 2.79. The number of halogens is 3. The third kappa shape index (κ3) is 4.03. The molecule has 1 N–H and O–H groups in total. The molecule has 0 saturated carbocycles. The first kappa shape index (κ1) is 19.5. The molecule has 0 unspecified atom stereocenters. The number of benzene rings is 2. The molecule has 0 spiro atoms. The summed E-state index contributed by atoms with van der Waals surface area (Å²) in [7, 11) is 2.98. The molecule has 0 aliphatic carbocycles. The molecule has 28 heavy (non-hydrogen) atoms. The Hall–Kier alpha value is -3.23. The van der Waals surface area contributed by atoms with Crippen molar-refractivity contribution in [1.82, 2.24) is 0 Å². The Bertz CT molecular complexity index is 912. The highest BCUT2D eigenvalue weighted by Gasteiger charge is 2.33. The first-order valence-corrected chi connectivity index (χ1v) is 8.25. The lowest BCUT2D eigenvalue weighted by Crippen LogP contribution is -2.28. The molecule has 148 valence electrons. The number of methoxy groups -OCH3 is 2. The Kier molecular flexibility index (Phi) is 5.43. The first-order valence-electron chi connectivity index (χ1n) is 8.25. The molecule has 2 aromatic carbocycles. The third-order valence-corrected chi connectivity index (χ3v) is 4.13. The lowest BCUT2D eigenvalue weighted by atomic mass is 10.0. The summed E-state index contributed by atoms with van der Waals surface area (Å²) < 4.78 is 49.0. The van der Waals surface area contributed by atoms with Crippen LogP contribution in [0, 0.1) is 0 Å². The van der Waals surface area contributed by atoms with Gasteiger partial charge in [-0.05, 0) is 30.3 Å². The van der Waals surface area contributed by atoms with Crippen LogP contribution in [0.4, 0.5) is 18.9 Å². The van der Waals surface area contributed by atoms with Gasteiger partial charge >= 0.3 is 6.18 Å². The molecule has 1 atom stereocenters. The number of carbonyl (C=O) groups excluding carboxylic acids is 1. The van der Waals surface area contributed by atoms with Crippen molar-refractivity contribution in [3.05, 3.63) is 53.6 Å². The number of rotatable bonds is 5. The van der Waals surface area contributed by atoms with Crippen molar-refractivity contribution in [2.24, 2.45) is 5.16 Å². The maximum Gasteiger partial charge on any atom is 0.416 e.